The fourth-order valence-corrected chi connectivity index (χ4v) is 1.60. The molecule has 0 aliphatic rings. The number of hydrogen-bond donors (Lipinski definition) is 2. The molecule has 0 bridgehead atoms. The van der Waals surface area contributed by atoms with Gasteiger partial charge in [-0.25, -0.2) is 13.1 Å². The average molecular weight is 244 g/mol. The number of nitrogens with one attached hydrogen (secondary N) is 1. The fraction of sp³-hybridized carbons (Fsp3) is 0.400. The van der Waals surface area contributed by atoms with Crippen molar-refractivity contribution in [1.82, 2.24) is 4.72 Å². The lowest BCUT2D eigenvalue weighted by Gasteiger charge is -2.06. The van der Waals surface area contributed by atoms with Crippen molar-refractivity contribution in [3.63, 3.8) is 0 Å². The molecule has 0 amide bonds. The Kier molecular flexibility index (Phi) is 4.57. The predicted molar refractivity (Wildman–Crippen MR) is 63.8 cm³/mol. The average Bonchev–Trinajstić information content (AvgIpc) is 2.19. The summed E-state index contributed by atoms with van der Waals surface area (Å²) in [5, 5.41) is 0. The molecular weight excluding hydrogens is 228 g/mol. The molecule has 1 aromatic carbocycles. The van der Waals surface area contributed by atoms with Crippen LogP contribution in [0.1, 0.15) is 6.42 Å². The Morgan fingerprint density at radius 3 is 2.50 bits per heavy atom. The first kappa shape index (κ1) is 12.8. The van der Waals surface area contributed by atoms with Gasteiger partial charge in [0.1, 0.15) is 5.75 Å². The first-order valence-corrected chi connectivity index (χ1v) is 6.79. The SMILES string of the molecule is CS(=O)(=O)NCCCOc1ccc(N)cc1. The zero-order valence-electron chi connectivity index (χ0n) is 9.14. The predicted octanol–water partition coefficient (Wildman–Crippen LogP) is 0.587. The van der Waals surface area contributed by atoms with E-state index in [1.54, 1.807) is 24.3 Å². The number of nitrogens with two attached hydrogens (primary N) is 1. The van der Waals surface area contributed by atoms with E-state index in [4.69, 9.17) is 10.5 Å². The van der Waals surface area contributed by atoms with Crippen molar-refractivity contribution in [1.29, 1.82) is 0 Å². The second-order valence-electron chi connectivity index (χ2n) is 3.44. The minimum absolute atomic E-state index is 0.383. The third-order valence-electron chi connectivity index (χ3n) is 1.83. The normalized spacial score (nSPS) is 11.3. The summed E-state index contributed by atoms with van der Waals surface area (Å²) in [5.41, 5.74) is 6.20. The number of sulfonamides is 1. The maximum Gasteiger partial charge on any atom is 0.208 e. The molecule has 0 aliphatic carbocycles. The third-order valence-corrected chi connectivity index (χ3v) is 2.56. The summed E-state index contributed by atoms with van der Waals surface area (Å²) in [5.74, 6) is 0.730. The molecule has 3 N–H and O–H groups in total. The molecule has 90 valence electrons. The van der Waals surface area contributed by atoms with Crippen LogP contribution in [-0.2, 0) is 10.0 Å². The molecule has 0 heterocycles. The van der Waals surface area contributed by atoms with Gasteiger partial charge in [-0.2, -0.15) is 0 Å². The van der Waals surface area contributed by atoms with Gasteiger partial charge in [-0.1, -0.05) is 0 Å². The van der Waals surface area contributed by atoms with Crippen LogP contribution in [0.15, 0.2) is 24.3 Å². The Morgan fingerprint density at radius 2 is 1.94 bits per heavy atom. The summed E-state index contributed by atoms with van der Waals surface area (Å²) in [7, 11) is -3.10. The summed E-state index contributed by atoms with van der Waals surface area (Å²) in [6.07, 6.45) is 1.76. The highest BCUT2D eigenvalue weighted by molar-refractivity contribution is 7.88. The first-order chi connectivity index (χ1) is 7.47. The topological polar surface area (TPSA) is 81.4 Å². The molecule has 1 rings (SSSR count). The highest BCUT2D eigenvalue weighted by atomic mass is 32.2. The monoisotopic (exact) mass is 244 g/mol. The van der Waals surface area contributed by atoms with Gasteiger partial charge in [0.2, 0.25) is 10.0 Å². The van der Waals surface area contributed by atoms with Crippen molar-refractivity contribution in [3.8, 4) is 5.75 Å². The van der Waals surface area contributed by atoms with E-state index in [0.29, 0.717) is 25.3 Å². The first-order valence-electron chi connectivity index (χ1n) is 4.90. The molecule has 0 saturated heterocycles. The number of hydrogen-bond acceptors (Lipinski definition) is 4. The van der Waals surface area contributed by atoms with Crippen LogP contribution in [0.25, 0.3) is 0 Å². The van der Waals surface area contributed by atoms with Gasteiger partial charge >= 0.3 is 0 Å². The zero-order valence-corrected chi connectivity index (χ0v) is 9.96. The molecule has 1 aromatic rings. The van der Waals surface area contributed by atoms with Crippen molar-refractivity contribution in [2.75, 3.05) is 25.1 Å². The summed E-state index contributed by atoms with van der Waals surface area (Å²) in [6, 6.07) is 7.06. The maximum absolute atomic E-state index is 10.7. The van der Waals surface area contributed by atoms with Crippen LogP contribution in [0.3, 0.4) is 0 Å². The van der Waals surface area contributed by atoms with E-state index >= 15 is 0 Å². The van der Waals surface area contributed by atoms with Gasteiger partial charge in [-0.05, 0) is 30.7 Å². The molecule has 0 atom stereocenters. The minimum atomic E-state index is -3.10. The van der Waals surface area contributed by atoms with Crippen molar-refractivity contribution in [2.45, 2.75) is 6.42 Å². The summed E-state index contributed by atoms with van der Waals surface area (Å²) < 4.78 is 29.2. The Balaban J connectivity index is 2.19. The molecule has 5 nitrogen and oxygen atoms in total. The number of benzene rings is 1. The fourth-order valence-electron chi connectivity index (χ4n) is 1.08. The molecule has 0 unspecified atom stereocenters. The van der Waals surface area contributed by atoms with Crippen LogP contribution in [0.4, 0.5) is 5.69 Å². The minimum Gasteiger partial charge on any atom is -0.494 e. The van der Waals surface area contributed by atoms with Crippen LogP contribution in [0.2, 0.25) is 0 Å². The molecule has 16 heavy (non-hydrogen) atoms. The van der Waals surface area contributed by atoms with E-state index in [2.05, 4.69) is 4.72 Å². The van der Waals surface area contributed by atoms with Gasteiger partial charge < -0.3 is 10.5 Å². The van der Waals surface area contributed by atoms with Crippen molar-refractivity contribution < 1.29 is 13.2 Å². The van der Waals surface area contributed by atoms with Gasteiger partial charge in [-0.3, -0.25) is 0 Å². The molecule has 0 radical (unpaired) electrons. The highest BCUT2D eigenvalue weighted by Crippen LogP contribution is 2.12. The Hall–Kier alpha value is -1.27. The second kappa shape index (κ2) is 5.72. The van der Waals surface area contributed by atoms with Crippen LogP contribution in [0, 0.1) is 0 Å². The summed E-state index contributed by atoms with van der Waals surface area (Å²) in [6.45, 7) is 0.847. The van der Waals surface area contributed by atoms with Crippen molar-refractivity contribution in [2.24, 2.45) is 0 Å². The van der Waals surface area contributed by atoms with Crippen molar-refractivity contribution >= 4 is 15.7 Å². The Bertz CT molecular complexity index is 414. The molecule has 6 heteroatoms. The molecule has 0 saturated carbocycles. The number of ether oxygens (including phenoxy) is 1. The van der Waals surface area contributed by atoms with Gasteiger partial charge in [0, 0.05) is 12.2 Å². The Labute approximate surface area is 95.7 Å². The largest absolute Gasteiger partial charge is 0.494 e. The summed E-state index contributed by atoms with van der Waals surface area (Å²) in [4.78, 5) is 0. The van der Waals surface area contributed by atoms with Crippen LogP contribution in [0.5, 0.6) is 5.75 Å². The molecule has 0 aromatic heterocycles. The van der Waals surface area contributed by atoms with Gasteiger partial charge in [-0.15, -0.1) is 0 Å². The van der Waals surface area contributed by atoms with E-state index in [9.17, 15) is 8.42 Å². The molecular formula is C10H16N2O3S. The number of nitrogen functional groups attached to an aromatic ring is 1. The number of rotatable bonds is 6. The Morgan fingerprint density at radius 1 is 1.31 bits per heavy atom. The lowest BCUT2D eigenvalue weighted by molar-refractivity contribution is 0.311. The van der Waals surface area contributed by atoms with E-state index in [1.807, 2.05) is 0 Å². The smallest absolute Gasteiger partial charge is 0.208 e. The third kappa shape index (κ3) is 5.57. The van der Waals surface area contributed by atoms with E-state index in [-0.39, 0.29) is 0 Å². The second-order valence-corrected chi connectivity index (χ2v) is 5.27. The van der Waals surface area contributed by atoms with E-state index in [1.165, 1.54) is 0 Å². The molecule has 0 fully saturated rings. The molecule has 0 aliphatic heterocycles. The summed E-state index contributed by atoms with van der Waals surface area (Å²) >= 11 is 0. The number of anilines is 1. The van der Waals surface area contributed by atoms with Gasteiger partial charge in [0.15, 0.2) is 0 Å². The van der Waals surface area contributed by atoms with Crippen LogP contribution in [-0.4, -0.2) is 27.8 Å². The van der Waals surface area contributed by atoms with Crippen molar-refractivity contribution in [3.05, 3.63) is 24.3 Å². The lowest BCUT2D eigenvalue weighted by Crippen LogP contribution is -2.24. The lowest BCUT2D eigenvalue weighted by atomic mass is 10.3. The van der Waals surface area contributed by atoms with Crippen LogP contribution >= 0.6 is 0 Å². The van der Waals surface area contributed by atoms with Gasteiger partial charge in [0.25, 0.3) is 0 Å². The highest BCUT2D eigenvalue weighted by Gasteiger charge is 1.99. The van der Waals surface area contributed by atoms with Crippen LogP contribution < -0.4 is 15.2 Å². The maximum atomic E-state index is 10.7. The van der Waals surface area contributed by atoms with Gasteiger partial charge in [0.05, 0.1) is 12.9 Å². The van der Waals surface area contributed by atoms with E-state index in [0.717, 1.165) is 12.0 Å². The molecule has 0 spiro atoms. The quantitative estimate of drug-likeness (QED) is 0.567. The standard InChI is InChI=1S/C10H16N2O3S/c1-16(13,14)12-7-2-8-15-10-5-3-9(11)4-6-10/h3-6,12H,2,7-8,11H2,1H3. The zero-order chi connectivity index (χ0) is 12.0. The van der Waals surface area contributed by atoms with E-state index < -0.39 is 10.0 Å².